The molecule has 0 heterocycles. The van der Waals surface area contributed by atoms with Crippen molar-refractivity contribution >= 4 is 16.5 Å². The Hall–Kier alpha value is -0.313. The smallest absolute Gasteiger partial charge is 0.288 e. The molecule has 0 unspecified atom stereocenters. The maximum atomic E-state index is 9.62. The summed E-state index contributed by atoms with van der Waals surface area (Å²) in [5.41, 5.74) is 0. The summed E-state index contributed by atoms with van der Waals surface area (Å²) in [5.74, 6) is -0.184. The molecule has 0 aliphatic heterocycles. The first-order valence-electron chi connectivity index (χ1n) is 1.32. The van der Waals surface area contributed by atoms with Gasteiger partial charge in [-0.15, -0.1) is 0 Å². The summed E-state index contributed by atoms with van der Waals surface area (Å²) in [6.07, 6.45) is 0. The summed E-state index contributed by atoms with van der Waals surface area (Å²) in [5, 5.41) is 0. The van der Waals surface area contributed by atoms with E-state index in [0.29, 0.717) is 10.5 Å². The van der Waals surface area contributed by atoms with E-state index in [0.717, 1.165) is 0 Å². The maximum Gasteiger partial charge on any atom is 0.288 e. The molecule has 0 N–H and O–H groups in total. The summed E-state index contributed by atoms with van der Waals surface area (Å²) in [6, 6.07) is 0. The van der Waals surface area contributed by atoms with Crippen LogP contribution in [0.1, 0.15) is 6.92 Å². The van der Waals surface area contributed by atoms with Gasteiger partial charge in [-0.2, -0.15) is 0 Å². The second-order valence-corrected chi connectivity index (χ2v) is 1.10. The van der Waals surface area contributed by atoms with Crippen LogP contribution in [-0.2, 0) is 9.22 Å². The van der Waals surface area contributed by atoms with Crippen LogP contribution in [0.3, 0.4) is 0 Å². The van der Waals surface area contributed by atoms with Gasteiger partial charge in [0.25, 0.3) is 5.97 Å². The molecule has 0 bridgehead atoms. The van der Waals surface area contributed by atoms with E-state index in [-0.39, 0.29) is 5.97 Å². The summed E-state index contributed by atoms with van der Waals surface area (Å²) in [7, 11) is 0.524. The summed E-state index contributed by atoms with van der Waals surface area (Å²) in [6.45, 7) is 1.40. The Balaban J connectivity index is 2.85. The first-order valence-corrected chi connectivity index (χ1v) is 2.13. The number of carbonyl (C=O) groups excluding carboxylic acids is 1. The fourth-order valence-corrected chi connectivity index (χ4v) is 0. The Morgan fingerprint density at radius 3 is 2.20 bits per heavy atom. The Morgan fingerprint density at radius 1 is 2.00 bits per heavy atom. The van der Waals surface area contributed by atoms with Crippen LogP contribution in [0.2, 0.25) is 0 Å². The molecule has 0 saturated heterocycles. The van der Waals surface area contributed by atoms with Crippen LogP contribution in [-0.4, -0.2) is 16.5 Å². The van der Waals surface area contributed by atoms with E-state index in [2.05, 4.69) is 4.43 Å². The Morgan fingerprint density at radius 2 is 2.20 bits per heavy atom. The van der Waals surface area contributed by atoms with Crippen molar-refractivity contribution in [2.24, 2.45) is 0 Å². The van der Waals surface area contributed by atoms with Crippen molar-refractivity contribution in [3.8, 4) is 0 Å². The lowest BCUT2D eigenvalue weighted by molar-refractivity contribution is -0.131. The van der Waals surface area contributed by atoms with Gasteiger partial charge in [0, 0.05) is 6.92 Å². The first kappa shape index (κ1) is 4.69. The molecule has 0 aromatic rings. The van der Waals surface area contributed by atoms with Gasteiger partial charge in [0.1, 0.15) is 0 Å². The van der Waals surface area contributed by atoms with Crippen molar-refractivity contribution in [3.05, 3.63) is 0 Å². The maximum absolute atomic E-state index is 9.62. The van der Waals surface area contributed by atoms with Crippen molar-refractivity contribution < 1.29 is 9.22 Å². The zero-order chi connectivity index (χ0) is 4.28. The first-order chi connectivity index (χ1) is 2.27. The van der Waals surface area contributed by atoms with E-state index < -0.39 is 0 Å². The predicted molar refractivity (Wildman–Crippen MR) is 21.7 cm³/mol. The molecule has 30 valence electrons. The van der Waals surface area contributed by atoms with Gasteiger partial charge in [-0.05, 0) is 0 Å². The molecule has 0 aliphatic rings. The molecule has 0 atom stereocenters. The van der Waals surface area contributed by atoms with Crippen molar-refractivity contribution in [2.75, 3.05) is 0 Å². The standard InChI is InChI=1S/C2H6O2Si/c1-2(3)4-5/h1,5H3. The van der Waals surface area contributed by atoms with E-state index in [1.807, 2.05) is 0 Å². The highest BCUT2D eigenvalue weighted by Crippen LogP contribution is 1.58. The van der Waals surface area contributed by atoms with E-state index >= 15 is 0 Å². The van der Waals surface area contributed by atoms with Crippen LogP contribution in [0, 0.1) is 0 Å². The molecule has 0 aromatic heterocycles. The Bertz CT molecular complexity index is 42.9. The highest BCUT2D eigenvalue weighted by atomic mass is 28.2. The lowest BCUT2D eigenvalue weighted by Gasteiger charge is -1.82. The van der Waals surface area contributed by atoms with Crippen LogP contribution >= 0.6 is 0 Å². The van der Waals surface area contributed by atoms with Crippen molar-refractivity contribution in [3.63, 3.8) is 0 Å². The fourth-order valence-electron chi connectivity index (χ4n) is 0. The number of hydrogen-bond donors (Lipinski definition) is 0. The molecule has 3 heteroatoms. The molecule has 0 saturated carbocycles. The summed E-state index contributed by atoms with van der Waals surface area (Å²) >= 11 is 0. The topological polar surface area (TPSA) is 26.3 Å². The van der Waals surface area contributed by atoms with Crippen molar-refractivity contribution in [1.29, 1.82) is 0 Å². The molecule has 0 aromatic carbocycles. The molecular weight excluding hydrogens is 84.1 g/mol. The average molecular weight is 90.2 g/mol. The van der Waals surface area contributed by atoms with Gasteiger partial charge in [0.2, 0.25) is 10.5 Å². The fraction of sp³-hybridized carbons (Fsp3) is 0.500. The van der Waals surface area contributed by atoms with E-state index in [9.17, 15) is 4.79 Å². The van der Waals surface area contributed by atoms with Gasteiger partial charge >= 0.3 is 0 Å². The minimum Gasteiger partial charge on any atom is -0.529 e. The largest absolute Gasteiger partial charge is 0.529 e. The van der Waals surface area contributed by atoms with Crippen LogP contribution in [0.4, 0.5) is 0 Å². The molecule has 0 rings (SSSR count). The second-order valence-electron chi connectivity index (χ2n) is 0.696. The minimum absolute atomic E-state index is 0.184. The third-order valence-electron chi connectivity index (χ3n) is 0.287. The predicted octanol–water partition coefficient (Wildman–Crippen LogP) is -1.17. The van der Waals surface area contributed by atoms with Gasteiger partial charge < -0.3 is 4.43 Å². The molecule has 2 nitrogen and oxygen atoms in total. The van der Waals surface area contributed by atoms with Crippen LogP contribution in [0.5, 0.6) is 0 Å². The van der Waals surface area contributed by atoms with Gasteiger partial charge in [0.15, 0.2) is 0 Å². The molecule has 0 radical (unpaired) electrons. The van der Waals surface area contributed by atoms with E-state index in [1.165, 1.54) is 6.92 Å². The monoisotopic (exact) mass is 90.0 g/mol. The lowest BCUT2D eigenvalue weighted by atomic mass is 10.9. The van der Waals surface area contributed by atoms with Gasteiger partial charge in [0.05, 0.1) is 0 Å². The molecule has 0 amide bonds. The quantitative estimate of drug-likeness (QED) is 0.350. The lowest BCUT2D eigenvalue weighted by Crippen LogP contribution is -1.90. The third-order valence-corrected chi connectivity index (χ3v) is 0.862. The van der Waals surface area contributed by atoms with Gasteiger partial charge in [-0.1, -0.05) is 0 Å². The molecule has 5 heavy (non-hydrogen) atoms. The van der Waals surface area contributed by atoms with E-state index in [1.54, 1.807) is 0 Å². The summed E-state index contributed by atoms with van der Waals surface area (Å²) < 4.78 is 4.25. The minimum atomic E-state index is -0.184. The zero-order valence-electron chi connectivity index (χ0n) is 3.32. The number of carbonyl (C=O) groups is 1. The third kappa shape index (κ3) is 3.69. The Kier molecular flexibility index (Phi) is 1.84. The molecular formula is C2H6O2Si. The van der Waals surface area contributed by atoms with Gasteiger partial charge in [-0.25, -0.2) is 0 Å². The van der Waals surface area contributed by atoms with Crippen LogP contribution < -0.4 is 0 Å². The van der Waals surface area contributed by atoms with Crippen molar-refractivity contribution in [1.82, 2.24) is 0 Å². The van der Waals surface area contributed by atoms with Gasteiger partial charge in [-0.3, -0.25) is 4.79 Å². The molecule has 0 spiro atoms. The average Bonchev–Trinajstić information content (AvgIpc) is 1.38. The highest BCUT2D eigenvalue weighted by Gasteiger charge is 1.74. The summed E-state index contributed by atoms with van der Waals surface area (Å²) in [4.78, 5) is 9.62. The van der Waals surface area contributed by atoms with Crippen molar-refractivity contribution in [2.45, 2.75) is 6.92 Å². The zero-order valence-corrected chi connectivity index (χ0v) is 5.32. The number of hydrogen-bond acceptors (Lipinski definition) is 2. The normalized spacial score (nSPS) is 7.40. The second kappa shape index (κ2) is 1.96. The van der Waals surface area contributed by atoms with Crippen LogP contribution in [0.15, 0.2) is 0 Å². The molecule has 0 fully saturated rings. The van der Waals surface area contributed by atoms with E-state index in [4.69, 9.17) is 0 Å². The van der Waals surface area contributed by atoms with Crippen LogP contribution in [0.25, 0.3) is 0 Å². The SMILES string of the molecule is CC(=O)O[SiH3]. The number of rotatable bonds is 0. The Labute approximate surface area is 33.7 Å². The highest BCUT2D eigenvalue weighted by molar-refractivity contribution is 6.04. The molecule has 0 aliphatic carbocycles.